The first-order chi connectivity index (χ1) is 10.7. The zero-order valence-electron chi connectivity index (χ0n) is 12.2. The number of halogens is 2. The SMILES string of the molecule is COc1ccc2ncc(C#N)c(Nc3ccc(Br)cc3)c2c1.Cl. The summed E-state index contributed by atoms with van der Waals surface area (Å²) < 4.78 is 6.27. The Labute approximate surface area is 148 Å². The minimum Gasteiger partial charge on any atom is -0.497 e. The van der Waals surface area contributed by atoms with Gasteiger partial charge in [-0.1, -0.05) is 15.9 Å². The van der Waals surface area contributed by atoms with Gasteiger partial charge in [0.25, 0.3) is 0 Å². The van der Waals surface area contributed by atoms with Crippen LogP contribution >= 0.6 is 28.3 Å². The molecule has 0 saturated heterocycles. The molecule has 0 radical (unpaired) electrons. The molecular formula is C17H13BrClN3O. The summed E-state index contributed by atoms with van der Waals surface area (Å²) in [6, 6.07) is 15.6. The van der Waals surface area contributed by atoms with Gasteiger partial charge in [-0.3, -0.25) is 4.98 Å². The molecule has 0 amide bonds. The highest BCUT2D eigenvalue weighted by Gasteiger charge is 2.10. The smallest absolute Gasteiger partial charge is 0.119 e. The van der Waals surface area contributed by atoms with Crippen molar-refractivity contribution >= 4 is 50.6 Å². The largest absolute Gasteiger partial charge is 0.497 e. The number of hydrogen-bond donors (Lipinski definition) is 1. The summed E-state index contributed by atoms with van der Waals surface area (Å²) in [5.74, 6) is 0.725. The monoisotopic (exact) mass is 389 g/mol. The Morgan fingerprint density at radius 1 is 1.17 bits per heavy atom. The molecule has 1 heterocycles. The molecule has 2 aromatic carbocycles. The maximum atomic E-state index is 9.36. The van der Waals surface area contributed by atoms with E-state index in [9.17, 15) is 5.26 Å². The van der Waals surface area contributed by atoms with Crippen LogP contribution in [0, 0.1) is 11.3 Å². The van der Waals surface area contributed by atoms with Crippen LogP contribution in [0.1, 0.15) is 5.56 Å². The Balaban J connectivity index is 0.00000192. The molecule has 0 bridgehead atoms. The molecular weight excluding hydrogens is 378 g/mol. The van der Waals surface area contributed by atoms with E-state index in [0.29, 0.717) is 5.56 Å². The first kappa shape index (κ1) is 17.1. The fourth-order valence-electron chi connectivity index (χ4n) is 2.20. The van der Waals surface area contributed by atoms with Crippen LogP contribution in [0.2, 0.25) is 0 Å². The standard InChI is InChI=1S/C17H12BrN3O.ClH/c1-22-14-6-7-16-15(8-14)17(11(9-19)10-20-16)21-13-4-2-12(18)3-5-13;/h2-8,10H,1H3,(H,20,21);1H. The number of nitriles is 1. The quantitative estimate of drug-likeness (QED) is 0.680. The van der Waals surface area contributed by atoms with Crippen molar-refractivity contribution in [2.75, 3.05) is 12.4 Å². The molecule has 0 fully saturated rings. The third kappa shape index (κ3) is 3.55. The lowest BCUT2D eigenvalue weighted by molar-refractivity contribution is 0.415. The number of hydrogen-bond acceptors (Lipinski definition) is 4. The van der Waals surface area contributed by atoms with Crippen LogP contribution in [0.3, 0.4) is 0 Å². The normalized spacial score (nSPS) is 9.78. The van der Waals surface area contributed by atoms with E-state index in [1.54, 1.807) is 13.3 Å². The molecule has 0 spiro atoms. The second-order valence-corrected chi connectivity index (χ2v) is 5.59. The molecule has 1 N–H and O–H groups in total. The maximum Gasteiger partial charge on any atom is 0.119 e. The van der Waals surface area contributed by atoms with Gasteiger partial charge in [-0.15, -0.1) is 12.4 Å². The maximum absolute atomic E-state index is 9.36. The number of methoxy groups -OCH3 is 1. The Hall–Kier alpha value is -2.29. The Kier molecular flexibility index (Phi) is 5.43. The molecule has 1 aromatic heterocycles. The lowest BCUT2D eigenvalue weighted by atomic mass is 10.1. The van der Waals surface area contributed by atoms with E-state index in [1.807, 2.05) is 42.5 Å². The van der Waals surface area contributed by atoms with Gasteiger partial charge in [0.05, 0.1) is 23.9 Å². The number of nitrogens with one attached hydrogen (secondary N) is 1. The molecule has 3 aromatic rings. The zero-order valence-corrected chi connectivity index (χ0v) is 14.6. The van der Waals surface area contributed by atoms with Gasteiger partial charge in [0.15, 0.2) is 0 Å². The van der Waals surface area contributed by atoms with Gasteiger partial charge in [-0.25, -0.2) is 0 Å². The highest BCUT2D eigenvalue weighted by molar-refractivity contribution is 9.10. The van der Waals surface area contributed by atoms with Crippen molar-refractivity contribution in [3.8, 4) is 11.8 Å². The van der Waals surface area contributed by atoms with Crippen LogP contribution < -0.4 is 10.1 Å². The van der Waals surface area contributed by atoms with Crippen LogP contribution in [0.4, 0.5) is 11.4 Å². The summed E-state index contributed by atoms with van der Waals surface area (Å²) in [6.07, 6.45) is 1.58. The Morgan fingerprint density at radius 2 is 1.91 bits per heavy atom. The number of anilines is 2. The third-order valence-corrected chi connectivity index (χ3v) is 3.84. The minimum atomic E-state index is 0. The van der Waals surface area contributed by atoms with Gasteiger partial charge in [-0.05, 0) is 42.5 Å². The molecule has 0 saturated carbocycles. The zero-order chi connectivity index (χ0) is 15.5. The van der Waals surface area contributed by atoms with Crippen molar-refractivity contribution in [2.45, 2.75) is 0 Å². The second-order valence-electron chi connectivity index (χ2n) is 4.67. The van der Waals surface area contributed by atoms with E-state index >= 15 is 0 Å². The summed E-state index contributed by atoms with van der Waals surface area (Å²) in [5.41, 5.74) is 2.92. The average Bonchev–Trinajstić information content (AvgIpc) is 2.56. The van der Waals surface area contributed by atoms with Gasteiger partial charge in [-0.2, -0.15) is 5.26 Å². The molecule has 0 aliphatic carbocycles. The topological polar surface area (TPSA) is 57.9 Å². The molecule has 116 valence electrons. The van der Waals surface area contributed by atoms with Crippen LogP contribution in [-0.4, -0.2) is 12.1 Å². The van der Waals surface area contributed by atoms with Crippen molar-refractivity contribution in [2.24, 2.45) is 0 Å². The lowest BCUT2D eigenvalue weighted by Crippen LogP contribution is -1.97. The second kappa shape index (κ2) is 7.32. The first-order valence-corrected chi connectivity index (χ1v) is 7.40. The fraction of sp³-hybridized carbons (Fsp3) is 0.0588. The van der Waals surface area contributed by atoms with Gasteiger partial charge < -0.3 is 10.1 Å². The van der Waals surface area contributed by atoms with E-state index in [1.165, 1.54) is 0 Å². The van der Waals surface area contributed by atoms with Crippen LogP contribution in [0.15, 0.2) is 53.1 Å². The molecule has 6 heteroatoms. The van der Waals surface area contributed by atoms with Crippen LogP contribution in [0.5, 0.6) is 5.75 Å². The molecule has 0 atom stereocenters. The number of aromatic nitrogens is 1. The van der Waals surface area contributed by atoms with Gasteiger partial charge in [0, 0.05) is 21.7 Å². The number of fused-ring (bicyclic) bond motifs is 1. The van der Waals surface area contributed by atoms with E-state index in [4.69, 9.17) is 4.74 Å². The summed E-state index contributed by atoms with van der Waals surface area (Å²) in [5, 5.41) is 13.5. The molecule has 23 heavy (non-hydrogen) atoms. The van der Waals surface area contributed by atoms with Crippen molar-refractivity contribution < 1.29 is 4.74 Å². The molecule has 3 rings (SSSR count). The average molecular weight is 391 g/mol. The molecule has 4 nitrogen and oxygen atoms in total. The molecule has 0 aliphatic heterocycles. The number of pyridine rings is 1. The third-order valence-electron chi connectivity index (χ3n) is 3.31. The minimum absolute atomic E-state index is 0. The number of benzene rings is 2. The Bertz CT molecular complexity index is 875. The predicted molar refractivity (Wildman–Crippen MR) is 97.7 cm³/mol. The predicted octanol–water partition coefficient (Wildman–Crippen LogP) is 5.04. The highest BCUT2D eigenvalue weighted by Crippen LogP contribution is 2.31. The Morgan fingerprint density at radius 3 is 2.57 bits per heavy atom. The number of nitrogens with zero attached hydrogens (tertiary/aromatic N) is 2. The fourth-order valence-corrected chi connectivity index (χ4v) is 2.46. The van der Waals surface area contributed by atoms with Gasteiger partial charge in [0.2, 0.25) is 0 Å². The molecule has 0 unspecified atom stereocenters. The van der Waals surface area contributed by atoms with Crippen molar-refractivity contribution in [3.05, 3.63) is 58.7 Å². The van der Waals surface area contributed by atoms with Crippen molar-refractivity contribution in [3.63, 3.8) is 0 Å². The van der Waals surface area contributed by atoms with Crippen molar-refractivity contribution in [1.29, 1.82) is 5.26 Å². The van der Waals surface area contributed by atoms with Gasteiger partial charge >= 0.3 is 0 Å². The molecule has 0 aliphatic rings. The summed E-state index contributed by atoms with van der Waals surface area (Å²) in [7, 11) is 1.62. The lowest BCUT2D eigenvalue weighted by Gasteiger charge is -2.12. The van der Waals surface area contributed by atoms with E-state index in [0.717, 1.165) is 32.5 Å². The summed E-state index contributed by atoms with van der Waals surface area (Å²) in [6.45, 7) is 0. The summed E-state index contributed by atoms with van der Waals surface area (Å²) >= 11 is 3.41. The van der Waals surface area contributed by atoms with E-state index in [2.05, 4.69) is 32.3 Å². The first-order valence-electron chi connectivity index (χ1n) is 6.60. The van der Waals surface area contributed by atoms with E-state index < -0.39 is 0 Å². The van der Waals surface area contributed by atoms with Crippen LogP contribution in [0.25, 0.3) is 10.9 Å². The highest BCUT2D eigenvalue weighted by atomic mass is 79.9. The number of ether oxygens (including phenoxy) is 1. The van der Waals surface area contributed by atoms with Crippen LogP contribution in [-0.2, 0) is 0 Å². The van der Waals surface area contributed by atoms with Crippen molar-refractivity contribution in [1.82, 2.24) is 4.98 Å². The van der Waals surface area contributed by atoms with E-state index in [-0.39, 0.29) is 12.4 Å². The summed E-state index contributed by atoms with van der Waals surface area (Å²) in [4.78, 5) is 4.32. The number of rotatable bonds is 3. The van der Waals surface area contributed by atoms with Gasteiger partial charge in [0.1, 0.15) is 11.8 Å².